The molecule has 1 fully saturated rings. The molecule has 0 saturated carbocycles. The van der Waals surface area contributed by atoms with Crippen LogP contribution in [0, 0.1) is 0 Å². The summed E-state index contributed by atoms with van der Waals surface area (Å²) in [4.78, 5) is 2.28. The van der Waals surface area contributed by atoms with E-state index in [1.807, 2.05) is 0 Å². The van der Waals surface area contributed by atoms with Crippen LogP contribution in [0.5, 0.6) is 0 Å². The molecule has 0 aliphatic carbocycles. The van der Waals surface area contributed by atoms with Crippen LogP contribution >= 0.6 is 0 Å². The number of aliphatic hydroxyl groups is 1. The van der Waals surface area contributed by atoms with Crippen LogP contribution < -0.4 is 0 Å². The number of nitrogens with zero attached hydrogens (tertiary/aromatic N) is 1. The molecule has 1 saturated heterocycles. The van der Waals surface area contributed by atoms with Crippen LogP contribution in [0.15, 0.2) is 0 Å². The van der Waals surface area contributed by atoms with E-state index in [2.05, 4.69) is 11.8 Å². The summed E-state index contributed by atoms with van der Waals surface area (Å²) in [6.07, 6.45) is 2.14. The second-order valence-corrected chi connectivity index (χ2v) is 3.38. The van der Waals surface area contributed by atoms with Gasteiger partial charge in [0, 0.05) is 13.1 Å². The van der Waals surface area contributed by atoms with Crippen LogP contribution in [-0.4, -0.2) is 49.0 Å². The first-order valence-corrected chi connectivity index (χ1v) is 4.81. The van der Waals surface area contributed by atoms with Gasteiger partial charge in [-0.1, -0.05) is 13.3 Å². The summed E-state index contributed by atoms with van der Waals surface area (Å²) in [5, 5.41) is 9.39. The number of hydrogen-bond donors (Lipinski definition) is 1. The van der Waals surface area contributed by atoms with Gasteiger partial charge in [-0.05, 0) is 13.0 Å². The fourth-order valence-corrected chi connectivity index (χ4v) is 1.44. The molecule has 1 atom stereocenters. The van der Waals surface area contributed by atoms with E-state index in [-0.39, 0.29) is 6.10 Å². The fourth-order valence-electron chi connectivity index (χ4n) is 1.44. The Morgan fingerprint density at radius 2 is 2.42 bits per heavy atom. The standard InChI is InChI=1S/C9H19NO2/c1-2-3-4-10-5-6-12-8-9(11)7-10/h9,11H,2-8H2,1H3. The van der Waals surface area contributed by atoms with E-state index in [0.717, 1.165) is 26.2 Å². The Morgan fingerprint density at radius 1 is 1.58 bits per heavy atom. The molecule has 0 aromatic heterocycles. The predicted molar refractivity (Wildman–Crippen MR) is 48.2 cm³/mol. The number of aliphatic hydroxyl groups excluding tert-OH is 1. The third kappa shape index (κ3) is 3.52. The molecule has 3 heteroatoms. The van der Waals surface area contributed by atoms with Crippen molar-refractivity contribution >= 4 is 0 Å². The van der Waals surface area contributed by atoms with E-state index in [4.69, 9.17) is 4.74 Å². The quantitative estimate of drug-likeness (QED) is 0.674. The van der Waals surface area contributed by atoms with Gasteiger partial charge in [0.1, 0.15) is 0 Å². The maximum Gasteiger partial charge on any atom is 0.0900 e. The average Bonchev–Trinajstić information content (AvgIpc) is 2.26. The van der Waals surface area contributed by atoms with E-state index < -0.39 is 0 Å². The summed E-state index contributed by atoms with van der Waals surface area (Å²) in [6, 6.07) is 0. The van der Waals surface area contributed by atoms with Crippen molar-refractivity contribution < 1.29 is 9.84 Å². The van der Waals surface area contributed by atoms with Crippen LogP contribution in [0.1, 0.15) is 19.8 Å². The van der Waals surface area contributed by atoms with Crippen molar-refractivity contribution in [1.82, 2.24) is 4.90 Å². The Labute approximate surface area is 74.3 Å². The van der Waals surface area contributed by atoms with Crippen molar-refractivity contribution in [3.8, 4) is 0 Å². The zero-order chi connectivity index (χ0) is 8.81. The number of rotatable bonds is 3. The lowest BCUT2D eigenvalue weighted by Gasteiger charge is -2.20. The number of hydrogen-bond acceptors (Lipinski definition) is 3. The molecule has 1 aliphatic rings. The first kappa shape index (κ1) is 9.96. The van der Waals surface area contributed by atoms with Gasteiger partial charge in [0.25, 0.3) is 0 Å². The number of unbranched alkanes of at least 4 members (excludes halogenated alkanes) is 1. The summed E-state index contributed by atoms with van der Waals surface area (Å²) < 4.78 is 5.23. The van der Waals surface area contributed by atoms with Crippen LogP contribution in [0.2, 0.25) is 0 Å². The molecule has 0 bridgehead atoms. The molecule has 0 amide bonds. The molecular weight excluding hydrogens is 154 g/mol. The van der Waals surface area contributed by atoms with E-state index in [1.54, 1.807) is 0 Å². The molecule has 0 aromatic carbocycles. The molecular formula is C9H19NO2. The normalized spacial score (nSPS) is 27.0. The Kier molecular flexibility index (Phi) is 4.58. The zero-order valence-corrected chi connectivity index (χ0v) is 7.83. The summed E-state index contributed by atoms with van der Waals surface area (Å²) in [5.41, 5.74) is 0. The highest BCUT2D eigenvalue weighted by Gasteiger charge is 2.14. The Hall–Kier alpha value is -0.120. The lowest BCUT2D eigenvalue weighted by molar-refractivity contribution is 0.0564. The average molecular weight is 173 g/mol. The van der Waals surface area contributed by atoms with Crippen LogP contribution in [-0.2, 0) is 4.74 Å². The van der Waals surface area contributed by atoms with Crippen molar-refractivity contribution in [3.05, 3.63) is 0 Å². The molecule has 0 radical (unpaired) electrons. The van der Waals surface area contributed by atoms with E-state index in [1.165, 1.54) is 12.8 Å². The second-order valence-electron chi connectivity index (χ2n) is 3.38. The Bertz CT molecular complexity index is 119. The summed E-state index contributed by atoms with van der Waals surface area (Å²) in [5.74, 6) is 0. The molecule has 3 nitrogen and oxygen atoms in total. The number of ether oxygens (including phenoxy) is 1. The molecule has 0 spiro atoms. The van der Waals surface area contributed by atoms with Gasteiger partial charge in [-0.15, -0.1) is 0 Å². The van der Waals surface area contributed by atoms with E-state index in [9.17, 15) is 5.11 Å². The van der Waals surface area contributed by atoms with Gasteiger partial charge in [-0.2, -0.15) is 0 Å². The van der Waals surface area contributed by atoms with Crippen LogP contribution in [0.25, 0.3) is 0 Å². The molecule has 1 heterocycles. The molecule has 72 valence electrons. The topological polar surface area (TPSA) is 32.7 Å². The van der Waals surface area contributed by atoms with Gasteiger partial charge in [0.05, 0.1) is 19.3 Å². The van der Waals surface area contributed by atoms with E-state index >= 15 is 0 Å². The van der Waals surface area contributed by atoms with Gasteiger partial charge < -0.3 is 9.84 Å². The third-order valence-corrected chi connectivity index (χ3v) is 2.16. The zero-order valence-electron chi connectivity index (χ0n) is 7.83. The number of β-amino-alcohol motifs (C(OH)–C–C–N with tert-alkyl or cyclic N) is 1. The molecule has 0 aromatic rings. The highest BCUT2D eigenvalue weighted by atomic mass is 16.5. The van der Waals surface area contributed by atoms with Crippen molar-refractivity contribution in [2.45, 2.75) is 25.9 Å². The summed E-state index contributed by atoms with van der Waals surface area (Å²) in [6.45, 7) is 6.29. The van der Waals surface area contributed by atoms with Crippen LogP contribution in [0.4, 0.5) is 0 Å². The van der Waals surface area contributed by atoms with Gasteiger partial charge in [-0.25, -0.2) is 0 Å². The Balaban J connectivity index is 2.21. The summed E-state index contributed by atoms with van der Waals surface area (Å²) >= 11 is 0. The van der Waals surface area contributed by atoms with Crippen molar-refractivity contribution in [1.29, 1.82) is 0 Å². The molecule has 1 aliphatic heterocycles. The lowest BCUT2D eigenvalue weighted by atomic mass is 10.3. The second kappa shape index (κ2) is 5.51. The first-order valence-electron chi connectivity index (χ1n) is 4.81. The maximum atomic E-state index is 9.39. The molecule has 1 unspecified atom stereocenters. The van der Waals surface area contributed by atoms with Crippen molar-refractivity contribution in [2.24, 2.45) is 0 Å². The van der Waals surface area contributed by atoms with Gasteiger partial charge >= 0.3 is 0 Å². The lowest BCUT2D eigenvalue weighted by Crippen LogP contribution is -2.33. The smallest absolute Gasteiger partial charge is 0.0900 e. The minimum atomic E-state index is -0.288. The maximum absolute atomic E-state index is 9.39. The van der Waals surface area contributed by atoms with Crippen LogP contribution in [0.3, 0.4) is 0 Å². The van der Waals surface area contributed by atoms with E-state index in [0.29, 0.717) is 6.61 Å². The largest absolute Gasteiger partial charge is 0.389 e. The minimum absolute atomic E-state index is 0.288. The molecule has 12 heavy (non-hydrogen) atoms. The highest BCUT2D eigenvalue weighted by molar-refractivity contribution is 4.67. The van der Waals surface area contributed by atoms with Crippen molar-refractivity contribution in [3.63, 3.8) is 0 Å². The third-order valence-electron chi connectivity index (χ3n) is 2.16. The Morgan fingerprint density at radius 3 is 3.17 bits per heavy atom. The van der Waals surface area contributed by atoms with Gasteiger partial charge in [0.15, 0.2) is 0 Å². The highest BCUT2D eigenvalue weighted by Crippen LogP contribution is 2.01. The monoisotopic (exact) mass is 173 g/mol. The fraction of sp³-hybridized carbons (Fsp3) is 1.00. The minimum Gasteiger partial charge on any atom is -0.389 e. The SMILES string of the molecule is CCCCN1CCOCC(O)C1. The molecule has 1 rings (SSSR count). The van der Waals surface area contributed by atoms with Crippen molar-refractivity contribution in [2.75, 3.05) is 32.8 Å². The first-order chi connectivity index (χ1) is 5.83. The van der Waals surface area contributed by atoms with Gasteiger partial charge in [0.2, 0.25) is 0 Å². The predicted octanol–water partition coefficient (Wildman–Crippen LogP) is 0.480. The van der Waals surface area contributed by atoms with Gasteiger partial charge in [-0.3, -0.25) is 4.90 Å². The molecule has 1 N–H and O–H groups in total. The summed E-state index contributed by atoms with van der Waals surface area (Å²) in [7, 11) is 0.